The van der Waals surface area contributed by atoms with Gasteiger partial charge in [-0.25, -0.2) is 4.79 Å². The predicted molar refractivity (Wildman–Crippen MR) is 143 cm³/mol. The first-order valence-corrected chi connectivity index (χ1v) is 12.5. The van der Waals surface area contributed by atoms with Crippen LogP contribution in [-0.4, -0.2) is 67.9 Å². The number of carbonyl (C=O) groups is 3. The molecule has 1 N–H and O–H groups in total. The molecule has 1 aromatic rings. The van der Waals surface area contributed by atoms with Crippen LogP contribution in [0, 0.1) is 11.8 Å². The lowest BCUT2D eigenvalue weighted by molar-refractivity contribution is -0.138. The van der Waals surface area contributed by atoms with E-state index in [1.807, 2.05) is 13.8 Å². The summed E-state index contributed by atoms with van der Waals surface area (Å²) in [5.74, 6) is 0.360. The normalized spacial score (nSPS) is 14.0. The topological polar surface area (TPSA) is 79.0 Å². The van der Waals surface area contributed by atoms with E-state index in [1.165, 1.54) is 29.0 Å². The predicted octanol–water partition coefficient (Wildman–Crippen LogP) is 4.06. The first-order chi connectivity index (χ1) is 16.4. The second-order valence-corrected chi connectivity index (χ2v) is 9.80. The molecule has 1 atom stereocenters. The zero-order chi connectivity index (χ0) is 27.0. The van der Waals surface area contributed by atoms with E-state index in [-0.39, 0.29) is 30.4 Å². The standard InChI is InChI=1S/C14H24N2O4.C10H13N.C4H10/c1-6-20-14(19)11(4)7-12(10(2)3)16(5)13(18)8-15-9-17;1-11-7-6-9-4-2-3-5-10(9)8-11;1-4(2)3/h7,9-10,12H,6,8H2,1-5H3,(H,15,17);2-5H,6-8H2,1H3;4H,1-3H3/b11-7+;;/t12-;;/m1../s1. The summed E-state index contributed by atoms with van der Waals surface area (Å²) in [4.78, 5) is 37.6. The highest BCUT2D eigenvalue weighted by molar-refractivity contribution is 5.88. The molecule has 0 aromatic heterocycles. The van der Waals surface area contributed by atoms with Gasteiger partial charge in [-0.1, -0.05) is 65.0 Å². The Kier molecular flexibility index (Phi) is 16.4. The molecule has 1 aliphatic rings. The van der Waals surface area contributed by atoms with Crippen LogP contribution in [0.3, 0.4) is 0 Å². The molecule has 1 aromatic carbocycles. The second kappa shape index (κ2) is 17.7. The molecule has 0 radical (unpaired) electrons. The Balaban J connectivity index is 0.000000634. The summed E-state index contributed by atoms with van der Waals surface area (Å²) in [5, 5.41) is 2.34. The average molecular weight is 490 g/mol. The lowest BCUT2D eigenvalue weighted by Gasteiger charge is -2.29. The van der Waals surface area contributed by atoms with E-state index in [0.29, 0.717) is 18.6 Å². The molecular weight excluding hydrogens is 442 g/mol. The fourth-order valence-corrected chi connectivity index (χ4v) is 3.38. The summed E-state index contributed by atoms with van der Waals surface area (Å²) in [7, 11) is 3.82. The number of amides is 2. The molecule has 0 saturated heterocycles. The van der Waals surface area contributed by atoms with Crippen molar-refractivity contribution < 1.29 is 19.1 Å². The van der Waals surface area contributed by atoms with Gasteiger partial charge in [0.25, 0.3) is 0 Å². The summed E-state index contributed by atoms with van der Waals surface area (Å²) < 4.78 is 4.92. The molecular formula is C28H47N3O4. The fraction of sp³-hybridized carbons (Fsp3) is 0.607. The van der Waals surface area contributed by atoms with Crippen molar-refractivity contribution in [1.82, 2.24) is 15.1 Å². The van der Waals surface area contributed by atoms with Crippen molar-refractivity contribution in [2.24, 2.45) is 11.8 Å². The van der Waals surface area contributed by atoms with E-state index in [0.717, 1.165) is 12.5 Å². The molecule has 0 fully saturated rings. The van der Waals surface area contributed by atoms with Crippen LogP contribution in [0.25, 0.3) is 0 Å². The minimum Gasteiger partial charge on any atom is -0.463 e. The monoisotopic (exact) mass is 489 g/mol. The van der Waals surface area contributed by atoms with Crippen LogP contribution in [0.5, 0.6) is 0 Å². The van der Waals surface area contributed by atoms with E-state index < -0.39 is 0 Å². The molecule has 0 bridgehead atoms. The quantitative estimate of drug-likeness (QED) is 0.338. The Labute approximate surface area is 212 Å². The van der Waals surface area contributed by atoms with Crippen LogP contribution < -0.4 is 5.32 Å². The van der Waals surface area contributed by atoms with E-state index in [4.69, 9.17) is 4.74 Å². The van der Waals surface area contributed by atoms with Crippen LogP contribution in [0.1, 0.15) is 59.6 Å². The average Bonchev–Trinajstić information content (AvgIpc) is 2.80. The Morgan fingerprint density at radius 1 is 1.14 bits per heavy atom. The Bertz CT molecular complexity index is 802. The third kappa shape index (κ3) is 13.7. The third-order valence-electron chi connectivity index (χ3n) is 5.20. The SMILES string of the molecule is CC(C)C.CCOC(=O)/C(C)=C/[C@H](C(C)C)N(C)C(=O)CNC=O.CN1CCc2ccccc2C1. The molecule has 0 aliphatic carbocycles. The molecule has 7 nitrogen and oxygen atoms in total. The van der Waals surface area contributed by atoms with Crippen molar-refractivity contribution in [2.75, 3.05) is 33.8 Å². The molecule has 2 rings (SSSR count). The maximum absolute atomic E-state index is 11.9. The molecule has 2 amide bonds. The summed E-state index contributed by atoms with van der Waals surface area (Å²) in [6.07, 6.45) is 3.42. The first kappa shape index (κ1) is 32.3. The van der Waals surface area contributed by atoms with Crippen molar-refractivity contribution in [1.29, 1.82) is 0 Å². The van der Waals surface area contributed by atoms with E-state index in [2.05, 4.69) is 62.3 Å². The number of hydrogen-bond donors (Lipinski definition) is 1. The van der Waals surface area contributed by atoms with Gasteiger partial charge in [0.15, 0.2) is 0 Å². The van der Waals surface area contributed by atoms with Crippen LogP contribution in [0.4, 0.5) is 0 Å². The zero-order valence-corrected chi connectivity index (χ0v) is 23.3. The summed E-state index contributed by atoms with van der Waals surface area (Å²) in [5.41, 5.74) is 3.50. The Morgan fingerprint density at radius 2 is 1.71 bits per heavy atom. The van der Waals surface area contributed by atoms with Crippen LogP contribution in [-0.2, 0) is 32.1 Å². The lowest BCUT2D eigenvalue weighted by Crippen LogP contribution is -2.43. The zero-order valence-electron chi connectivity index (χ0n) is 23.3. The lowest BCUT2D eigenvalue weighted by atomic mass is 10.00. The third-order valence-corrected chi connectivity index (χ3v) is 5.20. The van der Waals surface area contributed by atoms with Gasteiger partial charge in [0.1, 0.15) is 0 Å². The summed E-state index contributed by atoms with van der Waals surface area (Å²) in [6.45, 7) is 16.4. The molecule has 198 valence electrons. The smallest absolute Gasteiger partial charge is 0.333 e. The van der Waals surface area contributed by atoms with Gasteiger partial charge in [-0.05, 0) is 50.3 Å². The van der Waals surface area contributed by atoms with Gasteiger partial charge in [0, 0.05) is 25.7 Å². The number of rotatable bonds is 8. The first-order valence-electron chi connectivity index (χ1n) is 12.5. The Morgan fingerprint density at radius 3 is 2.23 bits per heavy atom. The van der Waals surface area contributed by atoms with E-state index in [9.17, 15) is 14.4 Å². The summed E-state index contributed by atoms with van der Waals surface area (Å²) in [6, 6.07) is 8.48. The highest BCUT2D eigenvalue weighted by Crippen LogP contribution is 2.16. The Hall–Kier alpha value is -2.67. The van der Waals surface area contributed by atoms with Crippen LogP contribution >= 0.6 is 0 Å². The molecule has 1 heterocycles. The van der Waals surface area contributed by atoms with Gasteiger partial charge in [0.2, 0.25) is 12.3 Å². The number of nitrogens with one attached hydrogen (secondary N) is 1. The van der Waals surface area contributed by atoms with Crippen LogP contribution in [0.15, 0.2) is 35.9 Å². The molecule has 1 aliphatic heterocycles. The number of esters is 1. The van der Waals surface area contributed by atoms with Crippen molar-refractivity contribution in [3.8, 4) is 0 Å². The van der Waals surface area contributed by atoms with Crippen molar-refractivity contribution in [3.63, 3.8) is 0 Å². The maximum Gasteiger partial charge on any atom is 0.333 e. The van der Waals surface area contributed by atoms with Gasteiger partial charge >= 0.3 is 5.97 Å². The maximum atomic E-state index is 11.9. The van der Waals surface area contributed by atoms with Crippen molar-refractivity contribution >= 4 is 18.3 Å². The van der Waals surface area contributed by atoms with Gasteiger partial charge in [-0.2, -0.15) is 0 Å². The number of carbonyl (C=O) groups excluding carboxylic acids is 3. The van der Waals surface area contributed by atoms with Gasteiger partial charge in [0.05, 0.1) is 19.2 Å². The number of benzene rings is 1. The molecule has 0 spiro atoms. The number of hydrogen-bond acceptors (Lipinski definition) is 5. The highest BCUT2D eigenvalue weighted by atomic mass is 16.5. The second-order valence-electron chi connectivity index (χ2n) is 9.80. The number of ether oxygens (including phenoxy) is 1. The molecule has 35 heavy (non-hydrogen) atoms. The van der Waals surface area contributed by atoms with E-state index >= 15 is 0 Å². The minimum atomic E-state index is -0.384. The number of likely N-dealkylation sites (N-methyl/N-ethyl adjacent to an activating group) is 2. The molecule has 0 saturated carbocycles. The largest absolute Gasteiger partial charge is 0.463 e. The fourth-order valence-electron chi connectivity index (χ4n) is 3.38. The molecule has 7 heteroatoms. The summed E-state index contributed by atoms with van der Waals surface area (Å²) >= 11 is 0. The highest BCUT2D eigenvalue weighted by Gasteiger charge is 2.22. The molecule has 0 unspecified atom stereocenters. The van der Waals surface area contributed by atoms with Crippen molar-refractivity contribution in [3.05, 3.63) is 47.0 Å². The minimum absolute atomic E-state index is 0.0600. The van der Waals surface area contributed by atoms with Crippen LogP contribution in [0.2, 0.25) is 0 Å². The van der Waals surface area contributed by atoms with Crippen molar-refractivity contribution in [2.45, 2.75) is 67.5 Å². The van der Waals surface area contributed by atoms with Gasteiger partial charge in [-0.15, -0.1) is 0 Å². The van der Waals surface area contributed by atoms with Gasteiger partial charge < -0.3 is 19.9 Å². The number of fused-ring (bicyclic) bond motifs is 1. The van der Waals surface area contributed by atoms with Gasteiger partial charge in [-0.3, -0.25) is 9.59 Å². The van der Waals surface area contributed by atoms with E-state index in [1.54, 1.807) is 27.0 Å². The number of nitrogens with zero attached hydrogens (tertiary/aromatic N) is 2.